The van der Waals surface area contributed by atoms with Crippen LogP contribution in [-0.4, -0.2) is 23.3 Å². The Bertz CT molecular complexity index is 771. The topological polar surface area (TPSA) is 46.1 Å². The molecule has 0 amide bonds. The molecule has 0 aliphatic heterocycles. The minimum Gasteiger partial charge on any atom is -0.353 e. The molecule has 21 heavy (non-hydrogen) atoms. The highest BCUT2D eigenvalue weighted by Gasteiger charge is 2.11. The fraction of sp³-hybridized carbons (Fsp3) is 0.118. The standard InChI is InChI=1S/C17H15N3O/c1-20(11-15-7-4-5-9-18-15)17-14(12-21)10-13-6-2-3-8-16(13)19-17/h2-10,12H,11H2,1H3. The number of benzene rings is 1. The summed E-state index contributed by atoms with van der Waals surface area (Å²) in [6.07, 6.45) is 2.61. The van der Waals surface area contributed by atoms with Gasteiger partial charge in [0.1, 0.15) is 5.82 Å². The van der Waals surface area contributed by atoms with Crippen LogP contribution in [0.4, 0.5) is 5.82 Å². The average Bonchev–Trinajstić information content (AvgIpc) is 2.54. The van der Waals surface area contributed by atoms with Crippen LogP contribution in [0.5, 0.6) is 0 Å². The van der Waals surface area contributed by atoms with Gasteiger partial charge in [-0.1, -0.05) is 24.3 Å². The minimum absolute atomic E-state index is 0.590. The van der Waals surface area contributed by atoms with Gasteiger partial charge in [0.25, 0.3) is 0 Å². The van der Waals surface area contributed by atoms with Gasteiger partial charge in [-0.05, 0) is 24.3 Å². The summed E-state index contributed by atoms with van der Waals surface area (Å²) in [6, 6.07) is 15.4. The van der Waals surface area contributed by atoms with Crippen molar-refractivity contribution in [3.8, 4) is 0 Å². The van der Waals surface area contributed by atoms with Crippen molar-refractivity contribution in [1.29, 1.82) is 0 Å². The number of aromatic nitrogens is 2. The number of carbonyl (C=O) groups excluding carboxylic acids is 1. The number of para-hydroxylation sites is 1. The third-order valence-corrected chi connectivity index (χ3v) is 3.35. The van der Waals surface area contributed by atoms with Gasteiger partial charge in [0.05, 0.1) is 23.3 Å². The van der Waals surface area contributed by atoms with Gasteiger partial charge in [-0.25, -0.2) is 4.98 Å². The summed E-state index contributed by atoms with van der Waals surface area (Å²) in [4.78, 5) is 22.2. The highest BCUT2D eigenvalue weighted by atomic mass is 16.1. The van der Waals surface area contributed by atoms with E-state index in [4.69, 9.17) is 0 Å². The lowest BCUT2D eigenvalue weighted by molar-refractivity contribution is 0.112. The molecule has 4 heteroatoms. The molecule has 2 heterocycles. The van der Waals surface area contributed by atoms with Crippen LogP contribution in [0.2, 0.25) is 0 Å². The molecule has 0 saturated carbocycles. The molecule has 0 unspecified atom stereocenters. The molecule has 3 aromatic rings. The summed E-state index contributed by atoms with van der Waals surface area (Å²) in [5, 5.41) is 0.967. The fourth-order valence-electron chi connectivity index (χ4n) is 2.32. The number of rotatable bonds is 4. The van der Waals surface area contributed by atoms with E-state index in [1.807, 2.05) is 60.5 Å². The van der Waals surface area contributed by atoms with E-state index in [2.05, 4.69) is 9.97 Å². The van der Waals surface area contributed by atoms with E-state index in [-0.39, 0.29) is 0 Å². The zero-order valence-electron chi connectivity index (χ0n) is 11.7. The van der Waals surface area contributed by atoms with Gasteiger partial charge in [0.15, 0.2) is 6.29 Å². The average molecular weight is 277 g/mol. The van der Waals surface area contributed by atoms with Gasteiger partial charge >= 0.3 is 0 Å². The SMILES string of the molecule is CN(Cc1ccccn1)c1nc2ccccc2cc1C=O. The molecule has 1 aromatic carbocycles. The Kier molecular flexibility index (Phi) is 3.60. The van der Waals surface area contributed by atoms with Crippen molar-refractivity contribution >= 4 is 23.0 Å². The molecule has 0 aliphatic rings. The Morgan fingerprint density at radius 3 is 2.71 bits per heavy atom. The number of anilines is 1. The first-order chi connectivity index (χ1) is 10.3. The molecular weight excluding hydrogens is 262 g/mol. The van der Waals surface area contributed by atoms with Crippen LogP contribution >= 0.6 is 0 Å². The summed E-state index contributed by atoms with van der Waals surface area (Å²) in [6.45, 7) is 0.604. The normalized spacial score (nSPS) is 10.5. The van der Waals surface area contributed by atoms with Crippen molar-refractivity contribution in [2.45, 2.75) is 6.54 Å². The lowest BCUT2D eigenvalue weighted by Gasteiger charge is -2.19. The molecule has 2 aromatic heterocycles. The minimum atomic E-state index is 0.590. The largest absolute Gasteiger partial charge is 0.353 e. The van der Waals surface area contributed by atoms with Gasteiger partial charge in [-0.3, -0.25) is 9.78 Å². The monoisotopic (exact) mass is 277 g/mol. The van der Waals surface area contributed by atoms with Crippen molar-refractivity contribution in [1.82, 2.24) is 9.97 Å². The first-order valence-electron chi connectivity index (χ1n) is 6.74. The molecule has 0 spiro atoms. The van der Waals surface area contributed by atoms with Crippen LogP contribution in [0, 0.1) is 0 Å². The highest BCUT2D eigenvalue weighted by Crippen LogP contribution is 2.22. The van der Waals surface area contributed by atoms with Gasteiger partial charge in [0.2, 0.25) is 0 Å². The van der Waals surface area contributed by atoms with Crippen LogP contribution in [0.25, 0.3) is 10.9 Å². The molecule has 0 radical (unpaired) electrons. The number of fused-ring (bicyclic) bond motifs is 1. The molecular formula is C17H15N3O. The van der Waals surface area contributed by atoms with E-state index < -0.39 is 0 Å². The van der Waals surface area contributed by atoms with Crippen molar-refractivity contribution in [2.24, 2.45) is 0 Å². The Hall–Kier alpha value is -2.75. The Balaban J connectivity index is 2.00. The van der Waals surface area contributed by atoms with E-state index in [0.29, 0.717) is 17.9 Å². The molecule has 0 atom stereocenters. The number of nitrogens with zero attached hydrogens (tertiary/aromatic N) is 3. The molecule has 4 nitrogen and oxygen atoms in total. The number of aldehydes is 1. The first-order valence-corrected chi connectivity index (χ1v) is 6.74. The Morgan fingerprint density at radius 2 is 1.95 bits per heavy atom. The van der Waals surface area contributed by atoms with Gasteiger partial charge in [-0.2, -0.15) is 0 Å². The molecule has 0 saturated heterocycles. The van der Waals surface area contributed by atoms with Crippen molar-refractivity contribution in [2.75, 3.05) is 11.9 Å². The Morgan fingerprint density at radius 1 is 1.14 bits per heavy atom. The molecule has 0 N–H and O–H groups in total. The van der Waals surface area contributed by atoms with Crippen LogP contribution in [0.3, 0.4) is 0 Å². The molecule has 0 fully saturated rings. The highest BCUT2D eigenvalue weighted by molar-refractivity contribution is 5.91. The second kappa shape index (κ2) is 5.71. The maximum Gasteiger partial charge on any atom is 0.153 e. The van der Waals surface area contributed by atoms with Crippen molar-refractivity contribution in [3.05, 3.63) is 66.0 Å². The van der Waals surface area contributed by atoms with E-state index >= 15 is 0 Å². The lowest BCUT2D eigenvalue weighted by atomic mass is 10.1. The van der Waals surface area contributed by atoms with E-state index in [1.54, 1.807) is 6.20 Å². The Labute approximate surface area is 123 Å². The molecule has 0 aliphatic carbocycles. The van der Waals surface area contributed by atoms with E-state index in [9.17, 15) is 4.79 Å². The quantitative estimate of drug-likeness (QED) is 0.687. The van der Waals surface area contributed by atoms with Crippen molar-refractivity contribution < 1.29 is 4.79 Å². The number of pyridine rings is 2. The van der Waals surface area contributed by atoms with E-state index in [1.165, 1.54) is 0 Å². The van der Waals surface area contributed by atoms with E-state index in [0.717, 1.165) is 22.9 Å². The van der Waals surface area contributed by atoms with Crippen LogP contribution in [0.15, 0.2) is 54.7 Å². The summed E-state index contributed by atoms with van der Waals surface area (Å²) in [5.41, 5.74) is 2.41. The lowest BCUT2D eigenvalue weighted by Crippen LogP contribution is -2.20. The van der Waals surface area contributed by atoms with Crippen molar-refractivity contribution in [3.63, 3.8) is 0 Å². The maximum absolute atomic E-state index is 11.3. The summed E-state index contributed by atoms with van der Waals surface area (Å²) >= 11 is 0. The van der Waals surface area contributed by atoms with Crippen LogP contribution < -0.4 is 4.90 Å². The zero-order valence-corrected chi connectivity index (χ0v) is 11.7. The second-order valence-electron chi connectivity index (χ2n) is 4.89. The summed E-state index contributed by atoms with van der Waals surface area (Å²) in [5.74, 6) is 0.675. The number of hydrogen-bond donors (Lipinski definition) is 0. The van der Waals surface area contributed by atoms with Crippen LogP contribution in [0.1, 0.15) is 16.1 Å². The zero-order chi connectivity index (χ0) is 14.7. The first kappa shape index (κ1) is 13.2. The molecule has 0 bridgehead atoms. The molecule has 3 rings (SSSR count). The number of hydrogen-bond acceptors (Lipinski definition) is 4. The third kappa shape index (κ3) is 2.74. The maximum atomic E-state index is 11.3. The van der Waals surface area contributed by atoms with Crippen LogP contribution in [-0.2, 0) is 6.54 Å². The number of carbonyl (C=O) groups is 1. The third-order valence-electron chi connectivity index (χ3n) is 3.35. The van der Waals surface area contributed by atoms with Gasteiger partial charge < -0.3 is 4.90 Å². The fourth-order valence-corrected chi connectivity index (χ4v) is 2.32. The summed E-state index contributed by atoms with van der Waals surface area (Å²) < 4.78 is 0. The summed E-state index contributed by atoms with van der Waals surface area (Å²) in [7, 11) is 1.92. The predicted octanol–water partition coefficient (Wildman–Crippen LogP) is 3.08. The smallest absolute Gasteiger partial charge is 0.153 e. The van der Waals surface area contributed by atoms with Gasteiger partial charge in [0, 0.05) is 18.6 Å². The second-order valence-corrected chi connectivity index (χ2v) is 4.89. The predicted molar refractivity (Wildman–Crippen MR) is 83.5 cm³/mol. The molecule has 104 valence electrons. The van der Waals surface area contributed by atoms with Gasteiger partial charge in [-0.15, -0.1) is 0 Å².